The van der Waals surface area contributed by atoms with Crippen molar-refractivity contribution in [2.75, 3.05) is 13.7 Å². The molecule has 1 amide bonds. The summed E-state index contributed by atoms with van der Waals surface area (Å²) in [6.45, 7) is -0.378. The lowest BCUT2D eigenvalue weighted by Crippen LogP contribution is -2.38. The summed E-state index contributed by atoms with van der Waals surface area (Å²) in [5.41, 5.74) is 0.511. The molecule has 25 heavy (non-hydrogen) atoms. The minimum Gasteiger partial charge on any atom is -0.497 e. The minimum absolute atomic E-state index is 0.157. The van der Waals surface area contributed by atoms with Crippen LogP contribution in [0.5, 0.6) is 5.75 Å². The van der Waals surface area contributed by atoms with Gasteiger partial charge in [-0.25, -0.2) is 4.79 Å². The lowest BCUT2D eigenvalue weighted by atomic mass is 9.95. The van der Waals surface area contributed by atoms with Gasteiger partial charge in [-0.2, -0.15) is 5.26 Å². The Morgan fingerprint density at radius 2 is 1.92 bits per heavy atom. The van der Waals surface area contributed by atoms with Gasteiger partial charge >= 0.3 is 5.97 Å². The second-order valence-electron chi connectivity index (χ2n) is 5.92. The fourth-order valence-electron chi connectivity index (χ4n) is 2.73. The number of carbonyl (C=O) groups is 2. The van der Waals surface area contributed by atoms with E-state index in [9.17, 15) is 9.59 Å². The number of nitrogens with zero attached hydrogens (tertiary/aromatic N) is 1. The second-order valence-corrected chi connectivity index (χ2v) is 5.92. The number of ether oxygens (including phenoxy) is 2. The van der Waals surface area contributed by atoms with Gasteiger partial charge in [0.1, 0.15) is 17.4 Å². The van der Waals surface area contributed by atoms with E-state index in [1.165, 1.54) is 12.5 Å². The molecule has 1 aliphatic rings. The number of esters is 1. The second kappa shape index (κ2) is 9.48. The molecule has 0 spiro atoms. The molecule has 1 aliphatic carbocycles. The van der Waals surface area contributed by atoms with Gasteiger partial charge in [0.25, 0.3) is 5.91 Å². The van der Waals surface area contributed by atoms with Crippen LogP contribution in [-0.4, -0.2) is 31.6 Å². The van der Waals surface area contributed by atoms with Crippen LogP contribution in [0.3, 0.4) is 0 Å². The maximum atomic E-state index is 12.0. The number of nitriles is 1. The molecule has 1 fully saturated rings. The van der Waals surface area contributed by atoms with Crippen molar-refractivity contribution in [3.8, 4) is 11.8 Å². The third-order valence-corrected chi connectivity index (χ3v) is 4.07. The maximum Gasteiger partial charge on any atom is 0.349 e. The number of nitrogens with one attached hydrogen (secondary N) is 1. The van der Waals surface area contributed by atoms with Crippen LogP contribution in [0.25, 0.3) is 6.08 Å². The van der Waals surface area contributed by atoms with E-state index in [2.05, 4.69) is 5.32 Å². The molecular weight excluding hydrogens is 320 g/mol. The topological polar surface area (TPSA) is 88.4 Å². The summed E-state index contributed by atoms with van der Waals surface area (Å²) in [6, 6.07) is 8.86. The zero-order valence-electron chi connectivity index (χ0n) is 14.3. The molecule has 6 nitrogen and oxygen atoms in total. The molecule has 1 saturated carbocycles. The molecule has 1 aromatic carbocycles. The molecule has 0 heterocycles. The molecule has 0 bridgehead atoms. The summed E-state index contributed by atoms with van der Waals surface area (Å²) < 4.78 is 10.0. The number of amides is 1. The molecule has 0 atom stereocenters. The molecule has 2 rings (SSSR count). The number of methoxy groups -OCH3 is 1. The Balaban J connectivity index is 1.87. The van der Waals surface area contributed by atoms with Crippen LogP contribution < -0.4 is 10.1 Å². The van der Waals surface area contributed by atoms with Gasteiger partial charge in [0.05, 0.1) is 7.11 Å². The fraction of sp³-hybridized carbons (Fsp3) is 0.421. The standard InChI is InChI=1S/C19H22N2O4/c1-24-17-9-7-14(8-10-17)11-15(12-20)19(23)25-13-18(22)21-16-5-3-2-4-6-16/h7-11,16H,2-6,13H2,1H3,(H,21,22)/b15-11-. The quantitative estimate of drug-likeness (QED) is 0.488. The Bertz CT molecular complexity index is 668. The Morgan fingerprint density at radius 1 is 1.24 bits per heavy atom. The van der Waals surface area contributed by atoms with Gasteiger partial charge in [0, 0.05) is 6.04 Å². The molecule has 0 unspecified atom stereocenters. The van der Waals surface area contributed by atoms with Crippen molar-refractivity contribution in [2.24, 2.45) is 0 Å². The molecule has 6 heteroatoms. The van der Waals surface area contributed by atoms with Crippen molar-refractivity contribution in [3.63, 3.8) is 0 Å². The van der Waals surface area contributed by atoms with Crippen molar-refractivity contribution in [3.05, 3.63) is 35.4 Å². The van der Waals surface area contributed by atoms with Crippen molar-refractivity contribution in [2.45, 2.75) is 38.1 Å². The van der Waals surface area contributed by atoms with Crippen LogP contribution in [0, 0.1) is 11.3 Å². The molecule has 1 N–H and O–H groups in total. The first-order valence-corrected chi connectivity index (χ1v) is 8.34. The molecular formula is C19H22N2O4. The molecule has 0 aliphatic heterocycles. The van der Waals surface area contributed by atoms with E-state index in [1.54, 1.807) is 31.4 Å². The minimum atomic E-state index is -0.808. The van der Waals surface area contributed by atoms with Gasteiger partial charge in [-0.05, 0) is 36.6 Å². The van der Waals surface area contributed by atoms with Crippen LogP contribution in [0.1, 0.15) is 37.7 Å². The zero-order valence-corrected chi connectivity index (χ0v) is 14.3. The van der Waals surface area contributed by atoms with Crippen LogP contribution in [0.2, 0.25) is 0 Å². The van der Waals surface area contributed by atoms with Crippen LogP contribution >= 0.6 is 0 Å². The van der Waals surface area contributed by atoms with Gasteiger partial charge in [-0.1, -0.05) is 31.4 Å². The zero-order chi connectivity index (χ0) is 18.1. The molecule has 1 aromatic rings. The Kier molecular flexibility index (Phi) is 7.02. The third-order valence-electron chi connectivity index (χ3n) is 4.07. The van der Waals surface area contributed by atoms with E-state index in [4.69, 9.17) is 14.7 Å². The highest BCUT2D eigenvalue weighted by molar-refractivity contribution is 5.98. The van der Waals surface area contributed by atoms with Gasteiger partial charge in [0.15, 0.2) is 6.61 Å². The number of hydrogen-bond donors (Lipinski definition) is 1. The fourth-order valence-corrected chi connectivity index (χ4v) is 2.73. The van der Waals surface area contributed by atoms with E-state index in [0.29, 0.717) is 11.3 Å². The average Bonchev–Trinajstić information content (AvgIpc) is 2.65. The summed E-state index contributed by atoms with van der Waals surface area (Å²) in [4.78, 5) is 23.8. The van der Waals surface area contributed by atoms with Crippen molar-refractivity contribution >= 4 is 18.0 Å². The monoisotopic (exact) mass is 342 g/mol. The lowest BCUT2D eigenvalue weighted by molar-refractivity contribution is -0.144. The van der Waals surface area contributed by atoms with Crippen LogP contribution in [-0.2, 0) is 14.3 Å². The third kappa shape index (κ3) is 5.96. The van der Waals surface area contributed by atoms with Gasteiger partial charge < -0.3 is 14.8 Å². The molecule has 0 saturated heterocycles. The van der Waals surface area contributed by atoms with Crippen molar-refractivity contribution in [1.82, 2.24) is 5.32 Å². The first kappa shape index (κ1) is 18.5. The highest BCUT2D eigenvalue weighted by Gasteiger charge is 2.17. The maximum absolute atomic E-state index is 12.0. The molecule has 0 radical (unpaired) electrons. The van der Waals surface area contributed by atoms with Crippen LogP contribution in [0.15, 0.2) is 29.8 Å². The average molecular weight is 342 g/mol. The lowest BCUT2D eigenvalue weighted by Gasteiger charge is -2.22. The van der Waals surface area contributed by atoms with Crippen LogP contribution in [0.4, 0.5) is 0 Å². The van der Waals surface area contributed by atoms with Gasteiger partial charge in [-0.3, -0.25) is 4.79 Å². The smallest absolute Gasteiger partial charge is 0.349 e. The van der Waals surface area contributed by atoms with E-state index in [0.717, 1.165) is 25.7 Å². The summed E-state index contributed by atoms with van der Waals surface area (Å²) >= 11 is 0. The summed E-state index contributed by atoms with van der Waals surface area (Å²) in [5, 5.41) is 12.0. The largest absolute Gasteiger partial charge is 0.497 e. The SMILES string of the molecule is COc1ccc(/C=C(/C#N)C(=O)OCC(=O)NC2CCCCC2)cc1. The summed E-state index contributed by atoms with van der Waals surface area (Å²) in [7, 11) is 1.56. The number of rotatable bonds is 6. The molecule has 132 valence electrons. The Labute approximate surface area is 147 Å². The van der Waals surface area contributed by atoms with E-state index in [1.807, 2.05) is 6.07 Å². The predicted octanol–water partition coefficient (Wildman–Crippen LogP) is 2.59. The Morgan fingerprint density at radius 3 is 2.52 bits per heavy atom. The normalized spacial score (nSPS) is 15.1. The Hall–Kier alpha value is -2.81. The summed E-state index contributed by atoms with van der Waals surface area (Å²) in [6.07, 6.45) is 6.74. The summed E-state index contributed by atoms with van der Waals surface area (Å²) in [5.74, 6) is -0.461. The highest BCUT2D eigenvalue weighted by Crippen LogP contribution is 2.17. The van der Waals surface area contributed by atoms with E-state index < -0.39 is 5.97 Å². The number of hydrogen-bond acceptors (Lipinski definition) is 5. The predicted molar refractivity (Wildman–Crippen MR) is 92.6 cm³/mol. The number of benzene rings is 1. The first-order valence-electron chi connectivity index (χ1n) is 8.34. The van der Waals surface area contributed by atoms with Gasteiger partial charge in [0.2, 0.25) is 0 Å². The van der Waals surface area contributed by atoms with Gasteiger partial charge in [-0.15, -0.1) is 0 Å². The number of carbonyl (C=O) groups excluding carboxylic acids is 2. The van der Waals surface area contributed by atoms with E-state index >= 15 is 0 Å². The van der Waals surface area contributed by atoms with E-state index in [-0.39, 0.29) is 24.1 Å². The highest BCUT2D eigenvalue weighted by atomic mass is 16.5. The first-order chi connectivity index (χ1) is 12.1. The van der Waals surface area contributed by atoms with Crippen molar-refractivity contribution < 1.29 is 19.1 Å². The molecule has 0 aromatic heterocycles. The van der Waals surface area contributed by atoms with Crippen molar-refractivity contribution in [1.29, 1.82) is 5.26 Å².